The summed E-state index contributed by atoms with van der Waals surface area (Å²) < 4.78 is 43.7. The highest BCUT2D eigenvalue weighted by Gasteiger charge is 2.24. The van der Waals surface area contributed by atoms with E-state index in [2.05, 4.69) is 0 Å². The molecule has 1 unspecified atom stereocenters. The van der Waals surface area contributed by atoms with Gasteiger partial charge in [-0.2, -0.15) is 13.2 Å². The summed E-state index contributed by atoms with van der Waals surface area (Å²) in [6, 6.07) is 0. The van der Waals surface area contributed by atoms with Crippen LogP contribution in [0.1, 0.15) is 6.42 Å². The summed E-state index contributed by atoms with van der Waals surface area (Å²) in [5.74, 6) is 0.651. The molecule has 0 aromatic heterocycles. The lowest BCUT2D eigenvalue weighted by atomic mass is 10.4. The maximum Gasteiger partial charge on any atom is 0.392 e. The van der Waals surface area contributed by atoms with Crippen LogP contribution in [-0.4, -0.2) is 11.1 Å². The normalized spacial score (nSPS) is 16.0. The summed E-state index contributed by atoms with van der Waals surface area (Å²) in [5.41, 5.74) is 0. The first kappa shape index (κ1) is 9.72. The first-order valence-corrected chi connectivity index (χ1v) is 3.81. The zero-order valence-electron chi connectivity index (χ0n) is 4.85. The molecular formula is C4H6F3O2P. The second kappa shape index (κ2) is 3.78. The van der Waals surface area contributed by atoms with E-state index in [1.165, 1.54) is 0 Å². The van der Waals surface area contributed by atoms with Gasteiger partial charge in [-0.1, -0.05) is 6.08 Å². The number of rotatable bonds is 2. The Morgan fingerprint density at radius 2 is 2.00 bits per heavy atom. The van der Waals surface area contributed by atoms with Crippen molar-refractivity contribution >= 4 is 8.03 Å². The third-order valence-electron chi connectivity index (χ3n) is 0.610. The summed E-state index contributed by atoms with van der Waals surface area (Å²) in [5, 5.41) is 0. The molecule has 0 aliphatic rings. The van der Waals surface area contributed by atoms with Gasteiger partial charge in [0, 0.05) is 0 Å². The van der Waals surface area contributed by atoms with Crippen LogP contribution in [0.4, 0.5) is 13.2 Å². The van der Waals surface area contributed by atoms with Crippen LogP contribution in [0.25, 0.3) is 0 Å². The van der Waals surface area contributed by atoms with Crippen molar-refractivity contribution in [2.75, 3.05) is 0 Å². The highest BCUT2D eigenvalue weighted by Crippen LogP contribution is 2.22. The van der Waals surface area contributed by atoms with Gasteiger partial charge in [0.15, 0.2) is 0 Å². The van der Waals surface area contributed by atoms with Crippen molar-refractivity contribution < 1.29 is 22.6 Å². The fourth-order valence-electron chi connectivity index (χ4n) is 0.293. The minimum atomic E-state index is -4.28. The zero-order chi connectivity index (χ0) is 8.20. The van der Waals surface area contributed by atoms with E-state index >= 15 is 0 Å². The topological polar surface area (TPSA) is 37.3 Å². The van der Waals surface area contributed by atoms with Crippen LogP contribution in [0, 0.1) is 0 Å². The molecule has 60 valence electrons. The summed E-state index contributed by atoms with van der Waals surface area (Å²) in [6.07, 6.45) is -4.79. The number of allylic oxidation sites excluding steroid dienone is 1. The molecule has 0 aromatic carbocycles. The predicted octanol–water partition coefficient (Wildman–Crippen LogP) is 1.92. The van der Waals surface area contributed by atoms with Crippen LogP contribution in [0.15, 0.2) is 11.9 Å². The van der Waals surface area contributed by atoms with E-state index in [4.69, 9.17) is 4.89 Å². The van der Waals surface area contributed by atoms with Gasteiger partial charge in [0.2, 0.25) is 8.03 Å². The quantitative estimate of drug-likeness (QED) is 0.649. The SMILES string of the molecule is O=[PH](O)C=CCC(F)(F)F. The first-order chi connectivity index (χ1) is 4.42. The van der Waals surface area contributed by atoms with E-state index < -0.39 is 20.6 Å². The third-order valence-corrected chi connectivity index (χ3v) is 1.13. The van der Waals surface area contributed by atoms with Gasteiger partial charge in [0.25, 0.3) is 0 Å². The van der Waals surface area contributed by atoms with Gasteiger partial charge < -0.3 is 4.89 Å². The molecule has 2 nitrogen and oxygen atoms in total. The maximum atomic E-state index is 11.3. The van der Waals surface area contributed by atoms with Crippen LogP contribution >= 0.6 is 8.03 Å². The first-order valence-electron chi connectivity index (χ1n) is 2.38. The van der Waals surface area contributed by atoms with Crippen LogP contribution in [0.2, 0.25) is 0 Å². The Morgan fingerprint density at radius 3 is 2.30 bits per heavy atom. The maximum absolute atomic E-state index is 11.3. The van der Waals surface area contributed by atoms with Crippen molar-refractivity contribution in [1.29, 1.82) is 0 Å². The molecule has 0 aliphatic carbocycles. The Hall–Kier alpha value is -0.280. The second-order valence-electron chi connectivity index (χ2n) is 1.56. The van der Waals surface area contributed by atoms with Crippen LogP contribution in [0.3, 0.4) is 0 Å². The molecule has 0 heterocycles. The lowest BCUT2D eigenvalue weighted by Gasteiger charge is -1.98. The van der Waals surface area contributed by atoms with Crippen LogP contribution in [-0.2, 0) is 4.57 Å². The molecule has 6 heteroatoms. The Morgan fingerprint density at radius 1 is 1.50 bits per heavy atom. The van der Waals surface area contributed by atoms with E-state index in [0.717, 1.165) is 0 Å². The van der Waals surface area contributed by atoms with Gasteiger partial charge in [0.05, 0.1) is 6.42 Å². The van der Waals surface area contributed by atoms with Gasteiger partial charge in [-0.15, -0.1) is 0 Å². The lowest BCUT2D eigenvalue weighted by Crippen LogP contribution is -2.03. The van der Waals surface area contributed by atoms with E-state index in [-0.39, 0.29) is 0 Å². The van der Waals surface area contributed by atoms with Crippen LogP contribution in [0.5, 0.6) is 0 Å². The Labute approximate surface area is 56.2 Å². The van der Waals surface area contributed by atoms with E-state index in [1.54, 1.807) is 0 Å². The Balaban J connectivity index is 3.64. The number of halogens is 3. The molecule has 0 aliphatic heterocycles. The second-order valence-corrected chi connectivity index (χ2v) is 2.57. The smallest absolute Gasteiger partial charge is 0.344 e. The minimum Gasteiger partial charge on any atom is -0.344 e. The molecule has 0 spiro atoms. The molecule has 0 radical (unpaired) electrons. The minimum absolute atomic E-state index is 0.640. The molecule has 0 saturated carbocycles. The van der Waals surface area contributed by atoms with Crippen molar-refractivity contribution in [2.24, 2.45) is 0 Å². The van der Waals surface area contributed by atoms with Crippen molar-refractivity contribution in [2.45, 2.75) is 12.6 Å². The van der Waals surface area contributed by atoms with Gasteiger partial charge in [0.1, 0.15) is 0 Å². The molecule has 1 N–H and O–H groups in total. The van der Waals surface area contributed by atoms with Crippen molar-refractivity contribution in [3.8, 4) is 0 Å². The fraction of sp³-hybridized carbons (Fsp3) is 0.500. The Bertz CT molecular complexity index is 151. The number of hydrogen-bond donors (Lipinski definition) is 1. The molecular weight excluding hydrogens is 168 g/mol. The van der Waals surface area contributed by atoms with E-state index in [0.29, 0.717) is 11.9 Å². The van der Waals surface area contributed by atoms with Crippen molar-refractivity contribution in [1.82, 2.24) is 0 Å². The monoisotopic (exact) mass is 174 g/mol. The van der Waals surface area contributed by atoms with Crippen LogP contribution < -0.4 is 0 Å². The van der Waals surface area contributed by atoms with E-state index in [9.17, 15) is 17.7 Å². The molecule has 0 saturated heterocycles. The van der Waals surface area contributed by atoms with E-state index in [1.807, 2.05) is 0 Å². The molecule has 0 aromatic rings. The lowest BCUT2D eigenvalue weighted by molar-refractivity contribution is -0.124. The number of hydrogen-bond acceptors (Lipinski definition) is 1. The molecule has 0 amide bonds. The average Bonchev–Trinajstić information content (AvgIpc) is 1.59. The standard InChI is InChI=1S/C4H6F3O2P/c5-4(6,7)2-1-3-10(8)9/h1,3,10H,2H2,(H,8,9). The summed E-state index contributed by atoms with van der Waals surface area (Å²) >= 11 is 0. The van der Waals surface area contributed by atoms with Gasteiger partial charge in [-0.05, 0) is 5.82 Å². The van der Waals surface area contributed by atoms with Crippen molar-refractivity contribution in [3.05, 3.63) is 11.9 Å². The number of alkyl halides is 3. The summed E-state index contributed by atoms with van der Waals surface area (Å²) in [7, 11) is -2.89. The largest absolute Gasteiger partial charge is 0.392 e. The average molecular weight is 174 g/mol. The third kappa shape index (κ3) is 7.72. The van der Waals surface area contributed by atoms with Gasteiger partial charge >= 0.3 is 6.18 Å². The van der Waals surface area contributed by atoms with Gasteiger partial charge in [-0.25, -0.2) is 0 Å². The highest BCUT2D eigenvalue weighted by atomic mass is 31.1. The zero-order valence-corrected chi connectivity index (χ0v) is 5.85. The fourth-order valence-corrected chi connectivity index (χ4v) is 0.613. The summed E-state index contributed by atoms with van der Waals surface area (Å²) in [6.45, 7) is 0. The predicted molar refractivity (Wildman–Crippen MR) is 31.0 cm³/mol. The highest BCUT2D eigenvalue weighted by molar-refractivity contribution is 7.41. The van der Waals surface area contributed by atoms with Crippen molar-refractivity contribution in [3.63, 3.8) is 0 Å². The molecule has 1 atom stereocenters. The molecule has 10 heavy (non-hydrogen) atoms. The summed E-state index contributed by atoms with van der Waals surface area (Å²) in [4.78, 5) is 8.04. The molecule has 0 bridgehead atoms. The molecule has 0 rings (SSSR count). The Kier molecular flexibility index (Phi) is 3.68. The molecule has 0 fully saturated rings. The van der Waals surface area contributed by atoms with Gasteiger partial charge in [-0.3, -0.25) is 4.57 Å².